The van der Waals surface area contributed by atoms with Gasteiger partial charge in [-0.15, -0.1) is 0 Å². The van der Waals surface area contributed by atoms with Crippen LogP contribution in [0.5, 0.6) is 5.75 Å². The van der Waals surface area contributed by atoms with Crippen molar-refractivity contribution < 1.29 is 33.4 Å². The van der Waals surface area contributed by atoms with Crippen molar-refractivity contribution >= 4 is 15.2 Å². The van der Waals surface area contributed by atoms with Crippen LogP contribution in [0.15, 0.2) is 30.3 Å². The Kier molecular flexibility index (Phi) is 10.3. The molecule has 0 spiro atoms. The average molecular weight is 319 g/mol. The third kappa shape index (κ3) is 6.79. The van der Waals surface area contributed by atoms with Gasteiger partial charge >= 0.3 is 15.2 Å². The molecule has 0 radical (unpaired) electrons. The molecule has 12 heteroatoms. The van der Waals surface area contributed by atoms with Crippen molar-refractivity contribution in [2.24, 2.45) is 0 Å². The molecule has 1 aromatic rings. The zero-order chi connectivity index (χ0) is 12.4. The van der Waals surface area contributed by atoms with E-state index >= 15 is 0 Å². The number of aliphatic hydroxyl groups excluding tert-OH is 1. The molecule has 0 saturated heterocycles. The zero-order valence-corrected chi connectivity index (χ0v) is 11.8. The van der Waals surface area contributed by atoms with E-state index in [1.165, 1.54) is 24.3 Å². The summed E-state index contributed by atoms with van der Waals surface area (Å²) in [6, 6.07) is 7.25. The van der Waals surface area contributed by atoms with Gasteiger partial charge in [0.25, 0.3) is 5.59 Å². The number of benzene rings is 1. The lowest BCUT2D eigenvalue weighted by molar-refractivity contribution is 0.223. The monoisotopic (exact) mass is 319 g/mol. The summed E-state index contributed by atoms with van der Waals surface area (Å²) in [5.41, 5.74) is -2.75. The Bertz CT molecular complexity index is 451. The highest BCUT2D eigenvalue weighted by molar-refractivity contribution is 7.71. The van der Waals surface area contributed by atoms with Crippen LogP contribution in [0, 0.1) is 0 Å². The number of hydrogen-bond acceptors (Lipinski definition) is 7. The van der Waals surface area contributed by atoms with Gasteiger partial charge in [-0.05, 0) is 12.1 Å². The van der Waals surface area contributed by atoms with E-state index in [0.29, 0.717) is 0 Å². The molecule has 10 nitrogen and oxygen atoms in total. The van der Waals surface area contributed by atoms with E-state index in [9.17, 15) is 9.13 Å². The summed E-state index contributed by atoms with van der Waals surface area (Å²) >= 11 is 0. The van der Waals surface area contributed by atoms with Gasteiger partial charge in [-0.2, -0.15) is 0 Å². The maximum absolute atomic E-state index is 11.3. The minimum absolute atomic E-state index is 0. The second kappa shape index (κ2) is 8.39. The molecule has 1 aromatic carbocycles. The predicted octanol–water partition coefficient (Wildman–Crippen LogP) is 1.19. The number of para-hydroxylation sites is 1. The Labute approximate surface area is 109 Å². The summed E-state index contributed by atoms with van der Waals surface area (Å²) < 4.78 is 26.4. The topological polar surface area (TPSA) is 229 Å². The van der Waals surface area contributed by atoms with Crippen LogP contribution in [-0.4, -0.2) is 25.4 Å². The Balaban J connectivity index is -0.000000853. The number of hydrogen-bond donors (Lipinski definition) is 7. The van der Waals surface area contributed by atoms with Gasteiger partial charge in [-0.3, -0.25) is 4.57 Å². The molecule has 2 unspecified atom stereocenters. The first-order chi connectivity index (χ1) is 7.23. The fourth-order valence-corrected chi connectivity index (χ4v) is 3.05. The summed E-state index contributed by atoms with van der Waals surface area (Å²) in [5, 5.41) is 8.97. The summed E-state index contributed by atoms with van der Waals surface area (Å²) in [6.45, 7) is 0. The summed E-state index contributed by atoms with van der Waals surface area (Å²) in [4.78, 5) is 26.3. The van der Waals surface area contributed by atoms with Crippen molar-refractivity contribution in [1.29, 1.82) is 0 Å². The maximum atomic E-state index is 11.3. The van der Waals surface area contributed by atoms with Crippen molar-refractivity contribution in [3.8, 4) is 5.75 Å². The van der Waals surface area contributed by atoms with Crippen LogP contribution in [0.1, 0.15) is 0 Å². The van der Waals surface area contributed by atoms with Crippen LogP contribution >= 0.6 is 15.2 Å². The van der Waals surface area contributed by atoms with E-state index in [2.05, 4.69) is 4.52 Å². The van der Waals surface area contributed by atoms with Gasteiger partial charge in [0.05, 0.1) is 0 Å². The van der Waals surface area contributed by atoms with E-state index in [1.807, 2.05) is 0 Å². The van der Waals surface area contributed by atoms with Gasteiger partial charge in [0.15, 0.2) is 0 Å². The van der Waals surface area contributed by atoms with Crippen LogP contribution < -0.4 is 23.0 Å². The normalized spacial score (nSPS) is 14.7. The standard InChI is InChI=1S/C7H10O7P2.3H3N/c8-7(15(9,10)11)16(12,13)14-6-4-2-1-3-5-6;;;/h1-5,7-8H,(H,12,13)(H2,9,10,11);3*1H3. The lowest BCUT2D eigenvalue weighted by Gasteiger charge is -2.19. The second-order valence-electron chi connectivity index (χ2n) is 2.90. The van der Waals surface area contributed by atoms with Crippen molar-refractivity contribution in [3.05, 3.63) is 30.3 Å². The smallest absolute Gasteiger partial charge is 0.417 e. The Morgan fingerprint density at radius 3 is 1.74 bits per heavy atom. The Morgan fingerprint density at radius 2 is 1.37 bits per heavy atom. The van der Waals surface area contributed by atoms with E-state index < -0.39 is 20.8 Å². The molecule has 0 aromatic heterocycles. The van der Waals surface area contributed by atoms with Crippen LogP contribution in [0.2, 0.25) is 0 Å². The van der Waals surface area contributed by atoms with Gasteiger partial charge in [0.2, 0.25) is 0 Å². The maximum Gasteiger partial charge on any atom is 0.417 e. The minimum Gasteiger partial charge on any atom is -0.422 e. The van der Waals surface area contributed by atoms with E-state index in [1.54, 1.807) is 6.07 Å². The Hall–Kier alpha value is -0.800. The third-order valence-electron chi connectivity index (χ3n) is 1.57. The van der Waals surface area contributed by atoms with Gasteiger partial charge in [0.1, 0.15) is 5.75 Å². The third-order valence-corrected chi connectivity index (χ3v) is 5.01. The Morgan fingerprint density at radius 1 is 0.947 bits per heavy atom. The molecule has 1 rings (SSSR count). The van der Waals surface area contributed by atoms with E-state index in [0.717, 1.165) is 0 Å². The summed E-state index contributed by atoms with van der Waals surface area (Å²) in [6.07, 6.45) is 0. The fraction of sp³-hybridized carbons (Fsp3) is 0.143. The molecule has 0 aliphatic heterocycles. The second-order valence-corrected chi connectivity index (χ2v) is 6.78. The molecule has 0 aliphatic rings. The van der Waals surface area contributed by atoms with Crippen LogP contribution in [0.4, 0.5) is 0 Å². The molecule has 0 amide bonds. The number of aliphatic hydroxyl groups is 1. The van der Waals surface area contributed by atoms with Crippen molar-refractivity contribution in [1.82, 2.24) is 18.5 Å². The van der Waals surface area contributed by atoms with Gasteiger partial charge in [-0.1, -0.05) is 18.2 Å². The summed E-state index contributed by atoms with van der Waals surface area (Å²) in [7, 11) is -9.93. The molecule has 0 saturated carbocycles. The first kappa shape index (κ1) is 23.3. The van der Waals surface area contributed by atoms with Crippen molar-refractivity contribution in [3.63, 3.8) is 0 Å². The highest BCUT2D eigenvalue weighted by Crippen LogP contribution is 2.60. The van der Waals surface area contributed by atoms with E-state index in [-0.39, 0.29) is 24.2 Å². The molecule has 0 bridgehead atoms. The first-order valence-electron chi connectivity index (χ1n) is 4.04. The van der Waals surface area contributed by atoms with Crippen molar-refractivity contribution in [2.75, 3.05) is 0 Å². The quantitative estimate of drug-likeness (QED) is 0.391. The van der Waals surface area contributed by atoms with Gasteiger partial charge < -0.3 is 42.8 Å². The SMILES string of the molecule is N.N.N.O=P(O)(O)C(O)P(=O)(O)Oc1ccccc1. The average Bonchev–Trinajstić information content (AvgIpc) is 2.16. The molecular formula is C7H19N3O7P2. The number of rotatable bonds is 4. The minimum atomic E-state index is -5.10. The lowest BCUT2D eigenvalue weighted by atomic mass is 10.3. The van der Waals surface area contributed by atoms with Crippen LogP contribution in [0.3, 0.4) is 0 Å². The highest BCUT2D eigenvalue weighted by atomic mass is 31.2. The first-order valence-corrected chi connectivity index (χ1v) is 7.37. The van der Waals surface area contributed by atoms with E-state index in [4.69, 9.17) is 19.8 Å². The molecule has 0 aliphatic carbocycles. The zero-order valence-electron chi connectivity index (χ0n) is 9.99. The molecule has 114 valence electrons. The fourth-order valence-electron chi connectivity index (χ4n) is 0.870. The van der Waals surface area contributed by atoms with Crippen molar-refractivity contribution in [2.45, 2.75) is 5.59 Å². The molecule has 19 heavy (non-hydrogen) atoms. The molecule has 13 N–H and O–H groups in total. The van der Waals surface area contributed by atoms with Gasteiger partial charge in [0, 0.05) is 0 Å². The predicted molar refractivity (Wildman–Crippen MR) is 70.0 cm³/mol. The summed E-state index contributed by atoms with van der Waals surface area (Å²) in [5.74, 6) is -0.0687. The molecule has 0 heterocycles. The lowest BCUT2D eigenvalue weighted by Crippen LogP contribution is -2.11. The van der Waals surface area contributed by atoms with Gasteiger partial charge in [-0.25, -0.2) is 4.57 Å². The molecule has 2 atom stereocenters. The van der Waals surface area contributed by atoms with Crippen LogP contribution in [-0.2, 0) is 9.13 Å². The molecule has 0 fully saturated rings. The highest BCUT2D eigenvalue weighted by Gasteiger charge is 2.45. The molecular weight excluding hydrogens is 300 g/mol. The largest absolute Gasteiger partial charge is 0.422 e. The van der Waals surface area contributed by atoms with Crippen LogP contribution in [0.25, 0.3) is 0 Å².